The quantitative estimate of drug-likeness (QED) is 0.875. The number of pyridine rings is 1. The molecule has 0 saturated heterocycles. The fourth-order valence-corrected chi connectivity index (χ4v) is 1.88. The van der Waals surface area contributed by atoms with Gasteiger partial charge in [0.2, 0.25) is 0 Å². The Labute approximate surface area is 102 Å². The molecule has 2 aromatic rings. The van der Waals surface area contributed by atoms with Gasteiger partial charge in [-0.3, -0.25) is 9.67 Å². The Hall–Kier alpha value is -1.68. The molecule has 0 aromatic carbocycles. The molecule has 0 bridgehead atoms. The van der Waals surface area contributed by atoms with Crippen molar-refractivity contribution in [1.82, 2.24) is 20.1 Å². The van der Waals surface area contributed by atoms with Crippen LogP contribution in [0, 0.1) is 0 Å². The van der Waals surface area contributed by atoms with Crippen molar-refractivity contribution in [3.63, 3.8) is 0 Å². The van der Waals surface area contributed by atoms with E-state index in [2.05, 4.69) is 29.2 Å². The number of aromatic nitrogens is 3. The second kappa shape index (κ2) is 5.10. The first-order chi connectivity index (χ1) is 8.16. The van der Waals surface area contributed by atoms with Crippen LogP contribution in [-0.4, -0.2) is 14.8 Å². The Morgan fingerprint density at radius 3 is 2.35 bits per heavy atom. The predicted octanol–water partition coefficient (Wildman–Crippen LogP) is 2.23. The molecular formula is C13H18N4. The predicted molar refractivity (Wildman–Crippen MR) is 67.4 cm³/mol. The Morgan fingerprint density at radius 2 is 1.76 bits per heavy atom. The number of hydrogen-bond acceptors (Lipinski definition) is 3. The van der Waals surface area contributed by atoms with Crippen molar-refractivity contribution in [2.45, 2.75) is 25.9 Å². The van der Waals surface area contributed by atoms with Gasteiger partial charge in [-0.1, -0.05) is 0 Å². The smallest absolute Gasteiger partial charge is 0.0537 e. The summed E-state index contributed by atoms with van der Waals surface area (Å²) in [5, 5.41) is 7.73. The maximum atomic E-state index is 4.18. The number of hydrogen-bond donors (Lipinski definition) is 1. The molecule has 17 heavy (non-hydrogen) atoms. The zero-order chi connectivity index (χ0) is 12.3. The van der Waals surface area contributed by atoms with E-state index in [-0.39, 0.29) is 6.04 Å². The molecule has 1 N–H and O–H groups in total. The average molecular weight is 230 g/mol. The Balaban J connectivity index is 2.02. The molecule has 0 aliphatic rings. The summed E-state index contributed by atoms with van der Waals surface area (Å²) < 4.78 is 1.82. The lowest BCUT2D eigenvalue weighted by molar-refractivity contribution is 0.494. The van der Waals surface area contributed by atoms with Gasteiger partial charge in [-0.05, 0) is 31.5 Å². The highest BCUT2D eigenvalue weighted by Gasteiger charge is 2.11. The van der Waals surface area contributed by atoms with Gasteiger partial charge in [0.1, 0.15) is 0 Å². The van der Waals surface area contributed by atoms with Gasteiger partial charge in [-0.2, -0.15) is 5.10 Å². The van der Waals surface area contributed by atoms with Crippen LogP contribution in [0.3, 0.4) is 0 Å². The van der Waals surface area contributed by atoms with Crippen LogP contribution in [0.15, 0.2) is 36.9 Å². The van der Waals surface area contributed by atoms with Gasteiger partial charge in [-0.25, -0.2) is 0 Å². The first-order valence-electron chi connectivity index (χ1n) is 5.81. The largest absolute Gasteiger partial charge is 0.304 e. The van der Waals surface area contributed by atoms with Crippen molar-refractivity contribution in [3.05, 3.63) is 48.0 Å². The Morgan fingerprint density at radius 1 is 1.12 bits per heavy atom. The van der Waals surface area contributed by atoms with E-state index in [1.165, 1.54) is 11.1 Å². The molecule has 0 saturated carbocycles. The molecular weight excluding hydrogens is 212 g/mol. The number of rotatable bonds is 4. The molecule has 0 amide bonds. The lowest BCUT2D eigenvalue weighted by Gasteiger charge is -2.19. The van der Waals surface area contributed by atoms with Gasteiger partial charge in [0.15, 0.2) is 0 Å². The van der Waals surface area contributed by atoms with Gasteiger partial charge >= 0.3 is 0 Å². The van der Waals surface area contributed by atoms with E-state index in [0.29, 0.717) is 6.04 Å². The van der Waals surface area contributed by atoms with Crippen molar-refractivity contribution in [3.8, 4) is 0 Å². The summed E-state index contributed by atoms with van der Waals surface area (Å²) in [7, 11) is 1.93. The lowest BCUT2D eigenvalue weighted by Crippen LogP contribution is -2.22. The SMILES string of the molecule is CC(N[C@H](C)c1ccncc1)c1cnn(C)c1. The first kappa shape index (κ1) is 11.8. The van der Waals surface area contributed by atoms with Gasteiger partial charge in [0.25, 0.3) is 0 Å². The van der Waals surface area contributed by atoms with E-state index in [9.17, 15) is 0 Å². The molecule has 4 nitrogen and oxygen atoms in total. The van der Waals surface area contributed by atoms with Crippen molar-refractivity contribution in [2.75, 3.05) is 0 Å². The van der Waals surface area contributed by atoms with Crippen LogP contribution in [0.5, 0.6) is 0 Å². The van der Waals surface area contributed by atoms with Crippen LogP contribution in [0.1, 0.15) is 37.1 Å². The summed E-state index contributed by atoms with van der Waals surface area (Å²) in [6.45, 7) is 4.30. The summed E-state index contributed by atoms with van der Waals surface area (Å²) >= 11 is 0. The van der Waals surface area contributed by atoms with E-state index >= 15 is 0 Å². The third-order valence-electron chi connectivity index (χ3n) is 2.93. The number of nitrogens with zero attached hydrogens (tertiary/aromatic N) is 3. The van der Waals surface area contributed by atoms with E-state index < -0.39 is 0 Å². The van der Waals surface area contributed by atoms with E-state index in [0.717, 1.165) is 0 Å². The molecule has 2 heterocycles. The second-order valence-electron chi connectivity index (χ2n) is 4.34. The van der Waals surface area contributed by atoms with Gasteiger partial charge in [0, 0.05) is 43.3 Å². The molecule has 2 aromatic heterocycles. The fourth-order valence-electron chi connectivity index (χ4n) is 1.88. The highest BCUT2D eigenvalue weighted by Crippen LogP contribution is 2.18. The molecule has 4 heteroatoms. The average Bonchev–Trinajstić information content (AvgIpc) is 2.77. The first-order valence-corrected chi connectivity index (χ1v) is 5.81. The summed E-state index contributed by atoms with van der Waals surface area (Å²) in [6.07, 6.45) is 7.58. The molecule has 0 radical (unpaired) electrons. The third-order valence-corrected chi connectivity index (χ3v) is 2.93. The maximum Gasteiger partial charge on any atom is 0.0537 e. The topological polar surface area (TPSA) is 42.7 Å². The summed E-state index contributed by atoms with van der Waals surface area (Å²) in [4.78, 5) is 4.03. The van der Waals surface area contributed by atoms with Crippen LogP contribution in [-0.2, 0) is 7.05 Å². The summed E-state index contributed by atoms with van der Waals surface area (Å²) in [6, 6.07) is 4.65. The highest BCUT2D eigenvalue weighted by atomic mass is 15.2. The van der Waals surface area contributed by atoms with Gasteiger partial charge < -0.3 is 5.32 Å². The molecule has 0 spiro atoms. The van der Waals surface area contributed by atoms with Crippen LogP contribution in [0.25, 0.3) is 0 Å². The van der Waals surface area contributed by atoms with E-state index in [4.69, 9.17) is 0 Å². The molecule has 90 valence electrons. The van der Waals surface area contributed by atoms with Gasteiger partial charge in [0.05, 0.1) is 6.20 Å². The second-order valence-corrected chi connectivity index (χ2v) is 4.34. The van der Waals surface area contributed by atoms with Crippen LogP contribution >= 0.6 is 0 Å². The minimum Gasteiger partial charge on any atom is -0.304 e. The molecule has 2 rings (SSSR count). The Kier molecular flexibility index (Phi) is 3.54. The van der Waals surface area contributed by atoms with Crippen molar-refractivity contribution < 1.29 is 0 Å². The van der Waals surface area contributed by atoms with Crippen molar-refractivity contribution in [2.24, 2.45) is 7.05 Å². The van der Waals surface area contributed by atoms with Gasteiger partial charge in [-0.15, -0.1) is 0 Å². The lowest BCUT2D eigenvalue weighted by atomic mass is 10.1. The molecule has 0 fully saturated rings. The van der Waals surface area contributed by atoms with Crippen LogP contribution in [0.2, 0.25) is 0 Å². The minimum atomic E-state index is 0.284. The van der Waals surface area contributed by atoms with Crippen LogP contribution in [0.4, 0.5) is 0 Å². The minimum absolute atomic E-state index is 0.284. The maximum absolute atomic E-state index is 4.18. The molecule has 0 aliphatic carbocycles. The zero-order valence-corrected chi connectivity index (χ0v) is 10.5. The highest BCUT2D eigenvalue weighted by molar-refractivity contribution is 5.16. The van der Waals surface area contributed by atoms with E-state index in [1.54, 1.807) is 0 Å². The Bertz CT molecular complexity index is 463. The molecule has 1 unspecified atom stereocenters. The number of aryl methyl sites for hydroxylation is 1. The van der Waals surface area contributed by atoms with Crippen LogP contribution < -0.4 is 5.32 Å². The van der Waals surface area contributed by atoms with E-state index in [1.807, 2.05) is 48.6 Å². The third kappa shape index (κ3) is 2.91. The summed E-state index contributed by atoms with van der Waals surface area (Å²) in [5.74, 6) is 0. The van der Waals surface area contributed by atoms with Crippen molar-refractivity contribution >= 4 is 0 Å². The monoisotopic (exact) mass is 230 g/mol. The molecule has 0 aliphatic heterocycles. The normalized spacial score (nSPS) is 14.5. The standard InChI is InChI=1S/C13H18N4/c1-10(12-4-6-14-7-5-12)16-11(2)13-8-15-17(3)9-13/h4-11,16H,1-3H3/t10-,11?/m1/s1. The molecule has 2 atom stereocenters. The summed E-state index contributed by atoms with van der Waals surface area (Å²) in [5.41, 5.74) is 2.45. The van der Waals surface area contributed by atoms with Crippen molar-refractivity contribution in [1.29, 1.82) is 0 Å². The zero-order valence-electron chi connectivity index (χ0n) is 10.5. The number of nitrogens with one attached hydrogen (secondary N) is 1. The fraction of sp³-hybridized carbons (Fsp3) is 0.385.